The monoisotopic (exact) mass is 256 g/mol. The Hall–Kier alpha value is -2.49. The molecule has 0 aliphatic rings. The number of anilines is 1. The van der Waals surface area contributed by atoms with Crippen molar-refractivity contribution in [3.63, 3.8) is 0 Å². The number of benzene rings is 1. The van der Waals surface area contributed by atoms with E-state index in [-0.39, 0.29) is 0 Å². The summed E-state index contributed by atoms with van der Waals surface area (Å²) in [5.41, 5.74) is 21.8. The predicted octanol–water partition coefficient (Wildman–Crippen LogP) is 2.06. The van der Waals surface area contributed by atoms with Crippen LogP contribution in [0.3, 0.4) is 0 Å². The molecule has 1 aromatic rings. The van der Waals surface area contributed by atoms with E-state index in [9.17, 15) is 0 Å². The summed E-state index contributed by atoms with van der Waals surface area (Å²) in [6.45, 7) is 9.70. The van der Waals surface area contributed by atoms with Crippen molar-refractivity contribution in [3.05, 3.63) is 54.1 Å². The summed E-state index contributed by atoms with van der Waals surface area (Å²) in [6, 6.07) is 3.70. The minimum Gasteiger partial charge on any atom is -0.399 e. The molecule has 0 aliphatic carbocycles. The summed E-state index contributed by atoms with van der Waals surface area (Å²) in [5, 5.41) is 0. The van der Waals surface area contributed by atoms with Gasteiger partial charge in [0, 0.05) is 24.0 Å². The zero-order valence-corrected chi connectivity index (χ0v) is 11.4. The molecule has 0 aromatic heterocycles. The molecule has 0 radical (unpaired) electrons. The molecular weight excluding hydrogens is 236 g/mol. The molecule has 0 bridgehead atoms. The SMILES string of the molecule is C=C(/C=C\C(N)=NC)c1ccc(N)c(C(=C)N)c1C. The molecule has 6 N–H and O–H groups in total. The molecule has 0 fully saturated rings. The first-order valence-corrected chi connectivity index (χ1v) is 5.82. The van der Waals surface area contributed by atoms with E-state index in [1.807, 2.05) is 19.1 Å². The normalized spacial score (nSPS) is 11.8. The Balaban J connectivity index is 3.23. The zero-order chi connectivity index (χ0) is 14.6. The van der Waals surface area contributed by atoms with Crippen LogP contribution in [0.2, 0.25) is 0 Å². The topological polar surface area (TPSA) is 90.4 Å². The van der Waals surface area contributed by atoms with Gasteiger partial charge in [0.25, 0.3) is 0 Å². The van der Waals surface area contributed by atoms with Crippen molar-refractivity contribution < 1.29 is 0 Å². The number of nitrogens with zero attached hydrogens (tertiary/aromatic N) is 1. The highest BCUT2D eigenvalue weighted by Gasteiger charge is 2.10. The van der Waals surface area contributed by atoms with Gasteiger partial charge in [0.05, 0.1) is 0 Å². The highest BCUT2D eigenvalue weighted by atomic mass is 14.8. The average Bonchev–Trinajstić information content (AvgIpc) is 2.35. The van der Waals surface area contributed by atoms with Crippen LogP contribution in [0.25, 0.3) is 11.3 Å². The van der Waals surface area contributed by atoms with Gasteiger partial charge in [-0.3, -0.25) is 4.99 Å². The maximum atomic E-state index is 5.91. The van der Waals surface area contributed by atoms with E-state index in [0.717, 1.165) is 22.3 Å². The van der Waals surface area contributed by atoms with Gasteiger partial charge < -0.3 is 17.2 Å². The molecule has 0 aliphatic heterocycles. The molecule has 100 valence electrons. The third kappa shape index (κ3) is 3.25. The number of hydrogen-bond donors (Lipinski definition) is 3. The molecule has 4 heteroatoms. The van der Waals surface area contributed by atoms with E-state index in [0.29, 0.717) is 17.2 Å². The fourth-order valence-corrected chi connectivity index (χ4v) is 1.86. The van der Waals surface area contributed by atoms with E-state index in [1.165, 1.54) is 0 Å². The highest BCUT2D eigenvalue weighted by molar-refractivity contribution is 5.94. The van der Waals surface area contributed by atoms with E-state index < -0.39 is 0 Å². The molecular formula is C15H20N4. The van der Waals surface area contributed by atoms with E-state index in [4.69, 9.17) is 17.2 Å². The third-order valence-electron chi connectivity index (χ3n) is 2.88. The van der Waals surface area contributed by atoms with Crippen LogP contribution in [0.5, 0.6) is 0 Å². The van der Waals surface area contributed by atoms with Crippen molar-refractivity contribution in [3.8, 4) is 0 Å². The quantitative estimate of drug-likeness (QED) is 0.333. The number of hydrogen-bond acceptors (Lipinski definition) is 3. The largest absolute Gasteiger partial charge is 0.399 e. The summed E-state index contributed by atoms with van der Waals surface area (Å²) >= 11 is 0. The van der Waals surface area contributed by atoms with Gasteiger partial charge in [0.1, 0.15) is 5.84 Å². The van der Waals surface area contributed by atoms with Crippen LogP contribution < -0.4 is 17.2 Å². The Kier molecular flexibility index (Phi) is 4.53. The minimum atomic E-state index is 0.442. The lowest BCUT2D eigenvalue weighted by Crippen LogP contribution is -2.07. The smallest absolute Gasteiger partial charge is 0.117 e. The second-order valence-corrected chi connectivity index (χ2v) is 4.23. The van der Waals surface area contributed by atoms with Gasteiger partial charge in [-0.2, -0.15) is 0 Å². The van der Waals surface area contributed by atoms with Crippen LogP contribution in [-0.2, 0) is 0 Å². The lowest BCUT2D eigenvalue weighted by Gasteiger charge is -2.14. The molecule has 0 spiro atoms. The standard InChI is InChI=1S/C15H20N4/c1-9(5-8-14(18)19-4)12-6-7-13(17)15(10(12)2)11(3)16/h5-8H,1,3,16-17H2,2,4H3,(H2,18,19)/b8-5-. The van der Waals surface area contributed by atoms with Crippen molar-refractivity contribution in [1.29, 1.82) is 0 Å². The Morgan fingerprint density at radius 2 is 1.84 bits per heavy atom. The number of nitrogen functional groups attached to an aromatic ring is 1. The molecule has 19 heavy (non-hydrogen) atoms. The van der Waals surface area contributed by atoms with Crippen molar-refractivity contribution >= 4 is 22.8 Å². The minimum absolute atomic E-state index is 0.442. The molecule has 0 unspecified atom stereocenters. The highest BCUT2D eigenvalue weighted by Crippen LogP contribution is 2.28. The number of rotatable bonds is 4. The number of nitrogens with two attached hydrogens (primary N) is 3. The van der Waals surface area contributed by atoms with Gasteiger partial charge in [0.2, 0.25) is 0 Å². The molecule has 0 heterocycles. The Morgan fingerprint density at radius 1 is 1.21 bits per heavy atom. The Morgan fingerprint density at radius 3 is 2.37 bits per heavy atom. The lowest BCUT2D eigenvalue weighted by molar-refractivity contribution is 1.37. The van der Waals surface area contributed by atoms with Gasteiger partial charge in [-0.05, 0) is 35.8 Å². The molecule has 0 amide bonds. The molecule has 4 nitrogen and oxygen atoms in total. The second kappa shape index (κ2) is 5.91. The number of amidine groups is 1. The molecule has 0 saturated heterocycles. The van der Waals surface area contributed by atoms with Crippen LogP contribution in [-0.4, -0.2) is 12.9 Å². The second-order valence-electron chi connectivity index (χ2n) is 4.23. The van der Waals surface area contributed by atoms with Crippen molar-refractivity contribution in [2.75, 3.05) is 12.8 Å². The van der Waals surface area contributed by atoms with Crippen molar-refractivity contribution in [2.24, 2.45) is 16.5 Å². The van der Waals surface area contributed by atoms with Gasteiger partial charge in [-0.15, -0.1) is 0 Å². The zero-order valence-electron chi connectivity index (χ0n) is 11.4. The van der Waals surface area contributed by atoms with Crippen LogP contribution in [0.15, 0.2) is 42.4 Å². The summed E-state index contributed by atoms with van der Waals surface area (Å²) < 4.78 is 0. The Bertz CT molecular complexity index is 580. The number of aliphatic imine (C=N–C) groups is 1. The summed E-state index contributed by atoms with van der Waals surface area (Å²) in [4.78, 5) is 3.85. The van der Waals surface area contributed by atoms with Gasteiger partial charge in [-0.25, -0.2) is 0 Å². The van der Waals surface area contributed by atoms with E-state index >= 15 is 0 Å². The van der Waals surface area contributed by atoms with E-state index in [1.54, 1.807) is 19.2 Å². The van der Waals surface area contributed by atoms with Crippen LogP contribution >= 0.6 is 0 Å². The van der Waals surface area contributed by atoms with Crippen molar-refractivity contribution in [2.45, 2.75) is 6.92 Å². The Labute approximate surface area is 114 Å². The van der Waals surface area contributed by atoms with Gasteiger partial charge in [-0.1, -0.05) is 25.3 Å². The predicted molar refractivity (Wildman–Crippen MR) is 84.5 cm³/mol. The lowest BCUT2D eigenvalue weighted by atomic mass is 9.94. The van der Waals surface area contributed by atoms with Crippen molar-refractivity contribution in [1.82, 2.24) is 0 Å². The first-order valence-electron chi connectivity index (χ1n) is 5.82. The van der Waals surface area contributed by atoms with E-state index in [2.05, 4.69) is 18.2 Å². The van der Waals surface area contributed by atoms with Gasteiger partial charge >= 0.3 is 0 Å². The molecule has 1 aromatic carbocycles. The van der Waals surface area contributed by atoms with Gasteiger partial charge in [0.15, 0.2) is 0 Å². The van der Waals surface area contributed by atoms with Crippen LogP contribution in [0.4, 0.5) is 5.69 Å². The first kappa shape index (κ1) is 14.6. The fraction of sp³-hybridized carbons (Fsp3) is 0.133. The summed E-state index contributed by atoms with van der Waals surface area (Å²) in [6.07, 6.45) is 3.51. The molecule has 0 saturated carbocycles. The average molecular weight is 256 g/mol. The van der Waals surface area contributed by atoms with Crippen LogP contribution in [0, 0.1) is 6.92 Å². The summed E-state index contributed by atoms with van der Waals surface area (Å²) in [5.74, 6) is 0.442. The molecule has 0 atom stereocenters. The first-order chi connectivity index (χ1) is 8.88. The third-order valence-corrected chi connectivity index (χ3v) is 2.88. The number of allylic oxidation sites excluding steroid dienone is 2. The maximum absolute atomic E-state index is 5.91. The maximum Gasteiger partial charge on any atom is 0.117 e. The fourth-order valence-electron chi connectivity index (χ4n) is 1.86. The summed E-state index contributed by atoms with van der Waals surface area (Å²) in [7, 11) is 1.63. The molecule has 1 rings (SSSR count). The van der Waals surface area contributed by atoms with Crippen LogP contribution in [0.1, 0.15) is 16.7 Å².